The van der Waals surface area contributed by atoms with Crippen LogP contribution in [0.1, 0.15) is 43.2 Å². The SMILES string of the molecule is CC[C@@H](C(=O)[O-])n1cnc2sc3c(c2c1=O)CC[C@H](C)C3. The van der Waals surface area contributed by atoms with Crippen molar-refractivity contribution < 1.29 is 9.90 Å². The molecule has 0 spiro atoms. The molecule has 2 heterocycles. The van der Waals surface area contributed by atoms with Gasteiger partial charge in [0.2, 0.25) is 0 Å². The summed E-state index contributed by atoms with van der Waals surface area (Å²) in [5.74, 6) is -0.613. The van der Waals surface area contributed by atoms with Gasteiger partial charge in [0.25, 0.3) is 5.56 Å². The number of aromatic nitrogens is 2. The van der Waals surface area contributed by atoms with E-state index in [4.69, 9.17) is 0 Å². The van der Waals surface area contributed by atoms with Crippen LogP contribution in [-0.2, 0) is 17.6 Å². The molecule has 0 bridgehead atoms. The van der Waals surface area contributed by atoms with Crippen LogP contribution in [0.25, 0.3) is 10.2 Å². The second-order valence-electron chi connectivity index (χ2n) is 5.73. The number of carbonyl (C=O) groups excluding carboxylic acids is 1. The van der Waals surface area contributed by atoms with Gasteiger partial charge in [-0.3, -0.25) is 9.36 Å². The summed E-state index contributed by atoms with van der Waals surface area (Å²) >= 11 is 1.57. The van der Waals surface area contributed by atoms with Gasteiger partial charge in [-0.25, -0.2) is 4.98 Å². The standard InChI is InChI=1S/C15H18N2O3S/c1-3-10(15(19)20)17-7-16-13-12(14(17)18)9-5-4-8(2)6-11(9)21-13/h7-8,10H,3-6H2,1-2H3,(H,19,20)/p-1/t8-,10-/m0/s1. The van der Waals surface area contributed by atoms with Crippen molar-refractivity contribution in [2.75, 3.05) is 0 Å². The van der Waals surface area contributed by atoms with Gasteiger partial charge in [-0.2, -0.15) is 0 Å². The third-order valence-corrected chi connectivity index (χ3v) is 5.40. The molecule has 2 aromatic rings. The van der Waals surface area contributed by atoms with Gasteiger partial charge in [-0.15, -0.1) is 11.3 Å². The summed E-state index contributed by atoms with van der Waals surface area (Å²) in [4.78, 5) is 30.1. The average molecular weight is 305 g/mol. The fraction of sp³-hybridized carbons (Fsp3) is 0.533. The number of carboxylic acid groups (broad SMARTS) is 1. The van der Waals surface area contributed by atoms with E-state index in [-0.39, 0.29) is 5.56 Å². The molecule has 2 aromatic heterocycles. The van der Waals surface area contributed by atoms with Crippen molar-refractivity contribution in [1.29, 1.82) is 0 Å². The lowest BCUT2D eigenvalue weighted by molar-refractivity contribution is -0.310. The summed E-state index contributed by atoms with van der Waals surface area (Å²) in [6, 6.07) is -0.951. The Morgan fingerprint density at radius 1 is 1.62 bits per heavy atom. The van der Waals surface area contributed by atoms with Gasteiger partial charge in [0.05, 0.1) is 23.7 Å². The number of nitrogens with zero attached hydrogens (tertiary/aromatic N) is 2. The number of hydrogen-bond donors (Lipinski definition) is 0. The van der Waals surface area contributed by atoms with Crippen LogP contribution in [-0.4, -0.2) is 15.5 Å². The van der Waals surface area contributed by atoms with Crippen molar-refractivity contribution in [1.82, 2.24) is 9.55 Å². The number of thiophene rings is 1. The predicted octanol–water partition coefficient (Wildman–Crippen LogP) is 1.28. The first-order valence-corrected chi connectivity index (χ1v) is 8.06. The molecule has 6 heteroatoms. The van der Waals surface area contributed by atoms with Crippen LogP contribution < -0.4 is 10.7 Å². The zero-order chi connectivity index (χ0) is 15.1. The van der Waals surface area contributed by atoms with Gasteiger partial charge in [0.15, 0.2) is 0 Å². The van der Waals surface area contributed by atoms with Crippen molar-refractivity contribution in [3.05, 3.63) is 27.1 Å². The molecule has 0 aliphatic heterocycles. The molecular weight excluding hydrogens is 288 g/mol. The molecular formula is C15H17N2O3S-. The smallest absolute Gasteiger partial charge is 0.262 e. The van der Waals surface area contributed by atoms with E-state index < -0.39 is 12.0 Å². The third kappa shape index (κ3) is 2.27. The maximum atomic E-state index is 12.7. The predicted molar refractivity (Wildman–Crippen MR) is 79.4 cm³/mol. The molecule has 0 saturated carbocycles. The second-order valence-corrected chi connectivity index (χ2v) is 6.82. The highest BCUT2D eigenvalue weighted by atomic mass is 32.1. The van der Waals surface area contributed by atoms with E-state index in [1.165, 1.54) is 15.8 Å². The van der Waals surface area contributed by atoms with Crippen LogP contribution in [0, 0.1) is 5.92 Å². The first kappa shape index (κ1) is 14.3. The Balaban J connectivity index is 2.21. The number of fused-ring (bicyclic) bond motifs is 3. The summed E-state index contributed by atoms with van der Waals surface area (Å²) in [6.45, 7) is 3.93. The summed E-state index contributed by atoms with van der Waals surface area (Å²) < 4.78 is 1.21. The van der Waals surface area contributed by atoms with E-state index >= 15 is 0 Å². The largest absolute Gasteiger partial charge is 0.548 e. The lowest BCUT2D eigenvalue weighted by atomic mass is 9.89. The fourth-order valence-electron chi connectivity index (χ4n) is 3.04. The van der Waals surface area contributed by atoms with Gasteiger partial charge in [0.1, 0.15) is 4.83 Å². The lowest BCUT2D eigenvalue weighted by Crippen LogP contribution is -2.38. The summed E-state index contributed by atoms with van der Waals surface area (Å²) in [6.07, 6.45) is 4.57. The van der Waals surface area contributed by atoms with E-state index in [1.807, 2.05) is 0 Å². The molecule has 5 nitrogen and oxygen atoms in total. The minimum Gasteiger partial charge on any atom is -0.548 e. The Kier molecular flexibility index (Phi) is 3.57. The highest BCUT2D eigenvalue weighted by molar-refractivity contribution is 7.18. The van der Waals surface area contributed by atoms with Gasteiger partial charge < -0.3 is 9.90 Å². The first-order valence-electron chi connectivity index (χ1n) is 7.25. The third-order valence-electron chi connectivity index (χ3n) is 4.24. The molecule has 0 N–H and O–H groups in total. The van der Waals surface area contributed by atoms with E-state index in [0.29, 0.717) is 17.7 Å². The zero-order valence-corrected chi connectivity index (χ0v) is 12.9. The number of carbonyl (C=O) groups is 1. The Morgan fingerprint density at radius 2 is 2.38 bits per heavy atom. The highest BCUT2D eigenvalue weighted by Crippen LogP contribution is 2.35. The van der Waals surface area contributed by atoms with E-state index in [2.05, 4.69) is 11.9 Å². The molecule has 0 saturated heterocycles. The number of carboxylic acids is 1. The average Bonchev–Trinajstić information content (AvgIpc) is 2.79. The Morgan fingerprint density at radius 3 is 3.05 bits per heavy atom. The normalized spacial score (nSPS) is 19.4. The number of aryl methyl sites for hydroxylation is 1. The molecule has 0 aromatic carbocycles. The van der Waals surface area contributed by atoms with Gasteiger partial charge in [-0.1, -0.05) is 13.8 Å². The highest BCUT2D eigenvalue weighted by Gasteiger charge is 2.24. The van der Waals surface area contributed by atoms with E-state index in [9.17, 15) is 14.7 Å². The van der Waals surface area contributed by atoms with Gasteiger partial charge in [0, 0.05) is 4.88 Å². The van der Waals surface area contributed by atoms with Crippen molar-refractivity contribution in [3.63, 3.8) is 0 Å². The van der Waals surface area contributed by atoms with Gasteiger partial charge in [-0.05, 0) is 37.2 Å². The maximum Gasteiger partial charge on any atom is 0.262 e. The van der Waals surface area contributed by atoms with Crippen molar-refractivity contribution in [2.45, 2.75) is 45.6 Å². The number of rotatable bonds is 3. The molecule has 1 aliphatic rings. The lowest BCUT2D eigenvalue weighted by Gasteiger charge is -2.19. The van der Waals surface area contributed by atoms with Crippen LogP contribution in [0.3, 0.4) is 0 Å². The van der Waals surface area contributed by atoms with Crippen molar-refractivity contribution in [3.8, 4) is 0 Å². The number of aliphatic carboxylic acids is 1. The van der Waals surface area contributed by atoms with Crippen molar-refractivity contribution >= 4 is 27.5 Å². The minimum atomic E-state index is -1.24. The molecule has 1 aliphatic carbocycles. The van der Waals surface area contributed by atoms with Crippen LogP contribution in [0.15, 0.2) is 11.1 Å². The molecule has 112 valence electrons. The van der Waals surface area contributed by atoms with E-state index in [1.54, 1.807) is 18.3 Å². The van der Waals surface area contributed by atoms with Crippen LogP contribution in [0.2, 0.25) is 0 Å². The summed E-state index contributed by atoms with van der Waals surface area (Å²) in [5.41, 5.74) is 0.830. The Labute approximate surface area is 126 Å². The topological polar surface area (TPSA) is 75.0 Å². The van der Waals surface area contributed by atoms with Crippen LogP contribution in [0.5, 0.6) is 0 Å². The summed E-state index contributed by atoms with van der Waals surface area (Å²) in [5, 5.41) is 11.8. The minimum absolute atomic E-state index is 0.247. The monoisotopic (exact) mass is 305 g/mol. The zero-order valence-electron chi connectivity index (χ0n) is 12.1. The molecule has 2 atom stereocenters. The van der Waals surface area contributed by atoms with Crippen molar-refractivity contribution in [2.24, 2.45) is 5.92 Å². The Bertz CT molecular complexity index is 762. The molecule has 3 rings (SSSR count). The second kappa shape index (κ2) is 5.26. The van der Waals surface area contributed by atoms with Crippen LogP contribution >= 0.6 is 11.3 Å². The quantitative estimate of drug-likeness (QED) is 0.856. The van der Waals surface area contributed by atoms with E-state index in [0.717, 1.165) is 29.7 Å². The Hall–Kier alpha value is -1.69. The fourth-order valence-corrected chi connectivity index (χ4v) is 4.38. The maximum absolute atomic E-state index is 12.7. The van der Waals surface area contributed by atoms with Crippen LogP contribution in [0.4, 0.5) is 0 Å². The first-order chi connectivity index (χ1) is 10.0. The molecule has 0 radical (unpaired) electrons. The number of hydrogen-bond acceptors (Lipinski definition) is 5. The summed E-state index contributed by atoms with van der Waals surface area (Å²) in [7, 11) is 0. The van der Waals surface area contributed by atoms with Gasteiger partial charge >= 0.3 is 0 Å². The molecule has 21 heavy (non-hydrogen) atoms. The molecule has 0 fully saturated rings. The molecule has 0 unspecified atom stereocenters. The molecule has 0 amide bonds.